The van der Waals surface area contributed by atoms with Gasteiger partial charge in [-0.3, -0.25) is 9.59 Å². The van der Waals surface area contributed by atoms with E-state index >= 15 is 0 Å². The lowest BCUT2D eigenvalue weighted by Crippen LogP contribution is -2.32. The van der Waals surface area contributed by atoms with Gasteiger partial charge in [0.15, 0.2) is 11.5 Å². The van der Waals surface area contributed by atoms with Crippen LogP contribution in [0.4, 0.5) is 0 Å². The van der Waals surface area contributed by atoms with Gasteiger partial charge in [-0.05, 0) is 69.0 Å². The van der Waals surface area contributed by atoms with Gasteiger partial charge in [0, 0.05) is 12.1 Å². The van der Waals surface area contributed by atoms with Crippen molar-refractivity contribution in [3.05, 3.63) is 53.1 Å². The summed E-state index contributed by atoms with van der Waals surface area (Å²) in [5, 5.41) is 11.2. The van der Waals surface area contributed by atoms with Crippen molar-refractivity contribution in [1.82, 2.24) is 9.80 Å². The number of likely N-dealkylation sites (tertiary alicyclic amines) is 1. The third kappa shape index (κ3) is 5.19. The highest BCUT2D eigenvalue weighted by Gasteiger charge is 2.46. The number of aliphatic hydroxyl groups excluding tert-OH is 1. The lowest BCUT2D eigenvalue weighted by atomic mass is 9.94. The van der Waals surface area contributed by atoms with Crippen LogP contribution in [-0.2, 0) is 9.59 Å². The fourth-order valence-corrected chi connectivity index (χ4v) is 4.18. The van der Waals surface area contributed by atoms with Gasteiger partial charge < -0.3 is 33.9 Å². The Balaban J connectivity index is 2.20. The molecule has 3 rings (SSSR count). The molecule has 2 aromatic rings. The first kappa shape index (κ1) is 25.9. The largest absolute Gasteiger partial charge is 0.507 e. The van der Waals surface area contributed by atoms with Gasteiger partial charge in [0.1, 0.15) is 11.5 Å². The molecule has 1 saturated heterocycles. The smallest absolute Gasteiger partial charge is 0.295 e. The van der Waals surface area contributed by atoms with Gasteiger partial charge in [-0.2, -0.15) is 0 Å². The molecule has 1 fully saturated rings. The van der Waals surface area contributed by atoms with E-state index in [2.05, 4.69) is 0 Å². The summed E-state index contributed by atoms with van der Waals surface area (Å²) in [5.41, 5.74) is 0.951. The predicted octanol–water partition coefficient (Wildman–Crippen LogP) is 3.09. The summed E-state index contributed by atoms with van der Waals surface area (Å²) in [6.45, 7) is 1.05. The van der Waals surface area contributed by atoms with Crippen LogP contribution in [0.1, 0.15) is 23.6 Å². The Bertz CT molecular complexity index is 1080. The van der Waals surface area contributed by atoms with E-state index in [9.17, 15) is 14.7 Å². The molecule has 9 nitrogen and oxygen atoms in total. The first-order valence-electron chi connectivity index (χ1n) is 11.1. The van der Waals surface area contributed by atoms with Gasteiger partial charge >= 0.3 is 0 Å². The summed E-state index contributed by atoms with van der Waals surface area (Å²) in [7, 11) is 9.90. The Morgan fingerprint density at radius 2 is 1.54 bits per heavy atom. The number of ketones is 1. The number of amides is 1. The first-order valence-corrected chi connectivity index (χ1v) is 11.1. The molecule has 0 aliphatic carbocycles. The van der Waals surface area contributed by atoms with E-state index in [-0.39, 0.29) is 11.3 Å². The Morgan fingerprint density at radius 1 is 0.943 bits per heavy atom. The fraction of sp³-hybridized carbons (Fsp3) is 0.385. The number of methoxy groups -OCH3 is 4. The van der Waals surface area contributed by atoms with Crippen LogP contribution < -0.4 is 18.9 Å². The van der Waals surface area contributed by atoms with Crippen molar-refractivity contribution in [3.8, 4) is 23.0 Å². The van der Waals surface area contributed by atoms with E-state index in [1.54, 1.807) is 43.5 Å². The third-order valence-electron chi connectivity index (χ3n) is 5.91. The van der Waals surface area contributed by atoms with Crippen LogP contribution in [0.5, 0.6) is 23.0 Å². The van der Waals surface area contributed by atoms with Crippen molar-refractivity contribution < 1.29 is 33.6 Å². The minimum absolute atomic E-state index is 0.000655. The molecule has 9 heteroatoms. The van der Waals surface area contributed by atoms with Crippen LogP contribution in [0.15, 0.2) is 42.0 Å². The second kappa shape index (κ2) is 11.1. The lowest BCUT2D eigenvalue weighted by Gasteiger charge is -2.27. The van der Waals surface area contributed by atoms with Gasteiger partial charge in [-0.1, -0.05) is 0 Å². The number of benzene rings is 2. The monoisotopic (exact) mass is 484 g/mol. The van der Waals surface area contributed by atoms with Crippen molar-refractivity contribution in [2.75, 3.05) is 55.6 Å². The molecule has 1 aliphatic heterocycles. The van der Waals surface area contributed by atoms with Gasteiger partial charge in [0.05, 0.1) is 40.1 Å². The fourth-order valence-electron chi connectivity index (χ4n) is 4.18. The molecular weight excluding hydrogens is 452 g/mol. The number of carbonyl (C=O) groups is 2. The molecule has 0 bridgehead atoms. The molecule has 35 heavy (non-hydrogen) atoms. The summed E-state index contributed by atoms with van der Waals surface area (Å²) < 4.78 is 21.6. The molecule has 0 saturated carbocycles. The molecule has 0 radical (unpaired) electrons. The average Bonchev–Trinajstić information content (AvgIpc) is 3.12. The number of ether oxygens (including phenoxy) is 4. The maximum absolute atomic E-state index is 13.2. The number of carbonyl (C=O) groups excluding carboxylic acids is 2. The number of nitrogens with zero attached hydrogens (tertiary/aromatic N) is 2. The van der Waals surface area contributed by atoms with Crippen LogP contribution in [0, 0.1) is 0 Å². The molecule has 1 aliphatic rings. The van der Waals surface area contributed by atoms with Gasteiger partial charge in [-0.25, -0.2) is 0 Å². The summed E-state index contributed by atoms with van der Waals surface area (Å²) in [4.78, 5) is 29.9. The van der Waals surface area contributed by atoms with Crippen molar-refractivity contribution >= 4 is 17.4 Å². The van der Waals surface area contributed by atoms with E-state index in [0.717, 1.165) is 6.54 Å². The maximum atomic E-state index is 13.2. The number of Topliss-reactive ketones (excluding diaryl/α,β-unsaturated/α-hetero) is 1. The molecule has 0 aromatic heterocycles. The second-order valence-electron chi connectivity index (χ2n) is 8.34. The van der Waals surface area contributed by atoms with Crippen molar-refractivity contribution in [3.63, 3.8) is 0 Å². The molecule has 1 amide bonds. The van der Waals surface area contributed by atoms with E-state index in [0.29, 0.717) is 47.1 Å². The number of rotatable bonds is 10. The van der Waals surface area contributed by atoms with Gasteiger partial charge in [0.2, 0.25) is 5.75 Å². The van der Waals surface area contributed by atoms with E-state index in [1.165, 1.54) is 26.2 Å². The maximum Gasteiger partial charge on any atom is 0.295 e. The Hall–Kier alpha value is -3.72. The normalized spacial score (nSPS) is 17.1. The molecule has 2 aromatic carbocycles. The van der Waals surface area contributed by atoms with Crippen molar-refractivity contribution in [2.24, 2.45) is 0 Å². The highest BCUT2D eigenvalue weighted by molar-refractivity contribution is 6.46. The lowest BCUT2D eigenvalue weighted by molar-refractivity contribution is -0.139. The minimum Gasteiger partial charge on any atom is -0.507 e. The second-order valence-corrected chi connectivity index (χ2v) is 8.34. The van der Waals surface area contributed by atoms with Crippen molar-refractivity contribution in [1.29, 1.82) is 0 Å². The SMILES string of the molecule is COc1ccc(/C(O)=C2\C(=O)C(=O)N(CCCN(C)C)[C@H]2c2cc(OC)c(OC)c(OC)c2)cc1. The molecule has 1 atom stereocenters. The van der Waals surface area contributed by atoms with Crippen LogP contribution in [0.3, 0.4) is 0 Å². The Labute approximate surface area is 205 Å². The Morgan fingerprint density at radius 3 is 2.03 bits per heavy atom. The summed E-state index contributed by atoms with van der Waals surface area (Å²) >= 11 is 0. The summed E-state index contributed by atoms with van der Waals surface area (Å²) in [6, 6.07) is 9.18. The molecule has 0 unspecified atom stereocenters. The standard InChI is InChI=1S/C26H32N2O7/c1-27(2)12-7-13-28-22(17-14-19(33-4)25(35-6)20(15-17)34-5)21(24(30)26(28)31)23(29)16-8-10-18(32-3)11-9-16/h8-11,14-15,22,29H,7,12-13H2,1-6H3/b23-21+/t22-/m0/s1. The number of aliphatic hydroxyl groups is 1. The zero-order chi connectivity index (χ0) is 25.7. The quantitative estimate of drug-likeness (QED) is 0.312. The Kier molecular flexibility index (Phi) is 8.24. The van der Waals surface area contributed by atoms with Crippen LogP contribution in [0.2, 0.25) is 0 Å². The van der Waals surface area contributed by atoms with E-state index in [4.69, 9.17) is 18.9 Å². The molecule has 188 valence electrons. The highest BCUT2D eigenvalue weighted by atomic mass is 16.5. The zero-order valence-electron chi connectivity index (χ0n) is 21.0. The molecular formula is C26H32N2O7. The zero-order valence-corrected chi connectivity index (χ0v) is 21.0. The van der Waals surface area contributed by atoms with E-state index in [1.807, 2.05) is 19.0 Å². The average molecular weight is 485 g/mol. The molecule has 0 spiro atoms. The first-order chi connectivity index (χ1) is 16.8. The third-order valence-corrected chi connectivity index (χ3v) is 5.91. The number of hydrogen-bond donors (Lipinski definition) is 1. The number of hydrogen-bond acceptors (Lipinski definition) is 8. The molecule has 1 heterocycles. The molecule has 1 N–H and O–H groups in total. The van der Waals surface area contributed by atoms with Crippen LogP contribution in [0.25, 0.3) is 5.76 Å². The van der Waals surface area contributed by atoms with Gasteiger partial charge in [0.25, 0.3) is 11.7 Å². The summed E-state index contributed by atoms with van der Waals surface area (Å²) in [6.07, 6.45) is 0.642. The van der Waals surface area contributed by atoms with E-state index < -0.39 is 17.7 Å². The van der Waals surface area contributed by atoms with Crippen molar-refractivity contribution in [2.45, 2.75) is 12.5 Å². The van der Waals surface area contributed by atoms with Crippen LogP contribution >= 0.6 is 0 Å². The minimum atomic E-state index is -0.840. The highest BCUT2D eigenvalue weighted by Crippen LogP contribution is 2.45. The van der Waals surface area contributed by atoms with Gasteiger partial charge in [-0.15, -0.1) is 0 Å². The predicted molar refractivity (Wildman–Crippen MR) is 131 cm³/mol. The summed E-state index contributed by atoms with van der Waals surface area (Å²) in [5.74, 6) is 0.0695. The van der Waals surface area contributed by atoms with Crippen LogP contribution in [-0.4, -0.2) is 82.2 Å². The topological polar surface area (TPSA) is 97.8 Å².